The molecule has 4 aromatic carbocycles. The summed E-state index contributed by atoms with van der Waals surface area (Å²) in [5.74, 6) is -0.802. The number of hydrogen-bond acceptors (Lipinski definition) is 4. The Balaban J connectivity index is 0.00000451. The maximum Gasteiger partial charge on any atom is 0.258 e. The summed E-state index contributed by atoms with van der Waals surface area (Å²) in [7, 11) is 4.30. The van der Waals surface area contributed by atoms with Gasteiger partial charge in [0.25, 0.3) is 11.8 Å². The Morgan fingerprint density at radius 2 is 1.40 bits per heavy atom. The Morgan fingerprint density at radius 3 is 2.08 bits per heavy atom. The molecule has 0 saturated carbocycles. The minimum Gasteiger partial charge on any atom is -1.00 e. The molecule has 0 atom stereocenters. The number of carbonyl (C=O) groups excluding carboxylic acids is 4. The molecule has 10 heteroatoms. The fourth-order valence-corrected chi connectivity index (χ4v) is 6.11. The van der Waals surface area contributed by atoms with Gasteiger partial charge < -0.3 is 48.5 Å². The molecule has 1 saturated heterocycles. The standard InChI is InChI=1S/C38H39N5O4.HI/c1-27-12-14-28(15-13-27)31-8-4-5-9-32(31)37(46)39-30-18-16-29(17-19-30)38(47)41-21-20-35(44)42(34-11-7-6-10-33(34)41)26-36(45)40-22-24-43(2,3)25-23-40;/h4-19H,20-26H2,1-3H3;1H. The van der Waals surface area contributed by atoms with Crippen LogP contribution in [-0.2, 0) is 9.59 Å². The second-order valence-electron chi connectivity index (χ2n) is 12.9. The van der Waals surface area contributed by atoms with E-state index in [1.165, 1.54) is 4.90 Å². The monoisotopic (exact) mass is 757 g/mol. The minimum absolute atomic E-state index is 0. The fourth-order valence-electron chi connectivity index (χ4n) is 6.11. The maximum atomic E-state index is 13.9. The normalized spacial score (nSPS) is 15.6. The van der Waals surface area contributed by atoms with E-state index in [4.69, 9.17) is 0 Å². The largest absolute Gasteiger partial charge is 1.00 e. The average Bonchev–Trinajstić information content (AvgIpc) is 3.21. The Labute approximate surface area is 298 Å². The van der Waals surface area contributed by atoms with Crippen LogP contribution in [0.1, 0.15) is 32.7 Å². The quantitative estimate of drug-likeness (QED) is 0.242. The number of carbonyl (C=O) groups is 4. The van der Waals surface area contributed by atoms with E-state index in [2.05, 4.69) is 19.4 Å². The molecule has 2 aliphatic rings. The molecule has 0 aliphatic carbocycles. The average molecular weight is 758 g/mol. The molecule has 6 rings (SSSR count). The maximum absolute atomic E-state index is 13.9. The van der Waals surface area contributed by atoms with Crippen LogP contribution in [0.15, 0.2) is 97.1 Å². The molecular weight excluding hydrogens is 717 g/mol. The number of hydrogen-bond donors (Lipinski definition) is 1. The van der Waals surface area contributed by atoms with Crippen LogP contribution in [0.25, 0.3) is 11.1 Å². The second-order valence-corrected chi connectivity index (χ2v) is 12.9. The van der Waals surface area contributed by atoms with Crippen molar-refractivity contribution in [2.45, 2.75) is 13.3 Å². The van der Waals surface area contributed by atoms with Gasteiger partial charge in [0.2, 0.25) is 11.8 Å². The van der Waals surface area contributed by atoms with Crippen LogP contribution in [-0.4, -0.2) is 86.4 Å². The lowest BCUT2D eigenvalue weighted by molar-refractivity contribution is -0.894. The Morgan fingerprint density at radius 1 is 0.771 bits per heavy atom. The number of nitrogens with one attached hydrogen (secondary N) is 1. The van der Waals surface area contributed by atoms with Crippen molar-refractivity contribution in [1.82, 2.24) is 4.90 Å². The molecule has 4 amide bonds. The van der Waals surface area contributed by atoms with Gasteiger partial charge in [-0.1, -0.05) is 60.2 Å². The predicted molar refractivity (Wildman–Crippen MR) is 185 cm³/mol. The van der Waals surface area contributed by atoms with E-state index in [-0.39, 0.29) is 67.1 Å². The molecule has 0 bridgehead atoms. The Bertz CT molecular complexity index is 1810. The molecule has 0 radical (unpaired) electrons. The number of rotatable bonds is 6. The molecule has 1 fully saturated rings. The molecule has 248 valence electrons. The third-order valence-electron chi connectivity index (χ3n) is 9.08. The summed E-state index contributed by atoms with van der Waals surface area (Å²) >= 11 is 0. The summed E-state index contributed by atoms with van der Waals surface area (Å²) < 4.78 is 0.863. The molecule has 48 heavy (non-hydrogen) atoms. The van der Waals surface area contributed by atoms with Crippen LogP contribution >= 0.6 is 0 Å². The molecular formula is C38H40IN5O4. The van der Waals surface area contributed by atoms with Crippen molar-refractivity contribution in [3.05, 3.63) is 114 Å². The second kappa shape index (κ2) is 14.7. The third-order valence-corrected chi connectivity index (χ3v) is 9.08. The number of benzene rings is 4. The van der Waals surface area contributed by atoms with Crippen molar-refractivity contribution in [2.24, 2.45) is 0 Å². The van der Waals surface area contributed by atoms with E-state index in [0.717, 1.165) is 34.3 Å². The summed E-state index contributed by atoms with van der Waals surface area (Å²) in [6.07, 6.45) is 0.0894. The first-order chi connectivity index (χ1) is 22.6. The van der Waals surface area contributed by atoms with Gasteiger partial charge in [0.1, 0.15) is 6.54 Å². The van der Waals surface area contributed by atoms with Crippen LogP contribution in [0.3, 0.4) is 0 Å². The van der Waals surface area contributed by atoms with Crippen molar-refractivity contribution in [1.29, 1.82) is 0 Å². The number of para-hydroxylation sites is 2. The summed E-state index contributed by atoms with van der Waals surface area (Å²) in [6.45, 7) is 5.17. The molecule has 0 unspecified atom stereocenters. The SMILES string of the molecule is Cc1ccc(-c2ccccc2C(=O)Nc2ccc(C(=O)N3CCC(=O)N(CC(=O)N4CC[N+](C)(C)CC4)c4ccccc43)cc2)cc1.[I-]. The molecule has 0 spiro atoms. The first kappa shape index (κ1) is 34.8. The molecule has 2 aliphatic heterocycles. The van der Waals surface area contributed by atoms with Crippen molar-refractivity contribution in [2.75, 3.05) is 68.5 Å². The molecule has 4 aromatic rings. The number of aryl methyl sites for hydroxylation is 1. The van der Waals surface area contributed by atoms with Crippen molar-refractivity contribution >= 4 is 40.7 Å². The van der Waals surface area contributed by atoms with Gasteiger partial charge >= 0.3 is 0 Å². The number of likely N-dealkylation sites (N-methyl/N-ethyl adjacent to an activating group) is 1. The summed E-state index contributed by atoms with van der Waals surface area (Å²) in [5.41, 5.74) is 5.58. The van der Waals surface area contributed by atoms with E-state index in [9.17, 15) is 19.2 Å². The highest BCUT2D eigenvalue weighted by atomic mass is 127. The predicted octanol–water partition coefficient (Wildman–Crippen LogP) is 2.22. The van der Waals surface area contributed by atoms with E-state index >= 15 is 0 Å². The van der Waals surface area contributed by atoms with Crippen LogP contribution < -0.4 is 39.1 Å². The van der Waals surface area contributed by atoms with Crippen LogP contribution in [0.2, 0.25) is 0 Å². The first-order valence-electron chi connectivity index (χ1n) is 16.0. The highest BCUT2D eigenvalue weighted by Crippen LogP contribution is 2.34. The van der Waals surface area contributed by atoms with Gasteiger partial charge in [0, 0.05) is 29.8 Å². The van der Waals surface area contributed by atoms with Gasteiger partial charge in [-0.2, -0.15) is 0 Å². The number of fused-ring (bicyclic) bond motifs is 1. The number of nitrogens with zero attached hydrogens (tertiary/aromatic N) is 4. The summed E-state index contributed by atoms with van der Waals surface area (Å²) in [6, 6.07) is 29.5. The van der Waals surface area contributed by atoms with Gasteiger partial charge in [-0.05, 0) is 60.5 Å². The highest BCUT2D eigenvalue weighted by Gasteiger charge is 2.33. The van der Waals surface area contributed by atoms with Gasteiger partial charge in [-0.25, -0.2) is 0 Å². The summed E-state index contributed by atoms with van der Waals surface area (Å²) in [4.78, 5) is 58.8. The minimum atomic E-state index is -0.267. The molecule has 9 nitrogen and oxygen atoms in total. The van der Waals surface area contributed by atoms with Crippen molar-refractivity contribution < 1.29 is 47.6 Å². The topological polar surface area (TPSA) is 90.0 Å². The molecule has 1 N–H and O–H groups in total. The van der Waals surface area contributed by atoms with E-state index < -0.39 is 0 Å². The van der Waals surface area contributed by atoms with Crippen LogP contribution in [0.5, 0.6) is 0 Å². The molecule has 2 heterocycles. The zero-order valence-corrected chi connectivity index (χ0v) is 29.6. The number of amides is 4. The Kier molecular flexibility index (Phi) is 10.6. The van der Waals surface area contributed by atoms with Gasteiger partial charge in [-0.3, -0.25) is 19.2 Å². The molecule has 0 aromatic heterocycles. The smallest absolute Gasteiger partial charge is 0.258 e. The zero-order valence-electron chi connectivity index (χ0n) is 27.5. The van der Waals surface area contributed by atoms with Gasteiger partial charge in [0.05, 0.1) is 51.6 Å². The zero-order chi connectivity index (χ0) is 33.1. The fraction of sp³-hybridized carbons (Fsp3) is 0.263. The van der Waals surface area contributed by atoms with E-state index in [1.54, 1.807) is 41.3 Å². The van der Waals surface area contributed by atoms with Crippen LogP contribution in [0, 0.1) is 6.92 Å². The van der Waals surface area contributed by atoms with Crippen LogP contribution in [0.4, 0.5) is 17.1 Å². The number of halogens is 1. The van der Waals surface area contributed by atoms with E-state index in [1.807, 2.05) is 72.5 Å². The number of anilines is 3. The van der Waals surface area contributed by atoms with Crippen molar-refractivity contribution in [3.63, 3.8) is 0 Å². The van der Waals surface area contributed by atoms with E-state index in [0.29, 0.717) is 41.3 Å². The highest BCUT2D eigenvalue weighted by molar-refractivity contribution is 6.12. The van der Waals surface area contributed by atoms with Gasteiger partial charge in [-0.15, -0.1) is 0 Å². The lowest BCUT2D eigenvalue weighted by Gasteiger charge is -2.39. The Hall–Kier alpha value is -4.55. The summed E-state index contributed by atoms with van der Waals surface area (Å²) in [5, 5.41) is 2.96. The lowest BCUT2D eigenvalue weighted by Crippen LogP contribution is -3.00. The first-order valence-corrected chi connectivity index (χ1v) is 16.0. The lowest BCUT2D eigenvalue weighted by atomic mass is 9.98. The number of quaternary nitrogens is 1. The number of piperazine rings is 1. The third kappa shape index (κ3) is 7.60. The van der Waals surface area contributed by atoms with Gasteiger partial charge in [0.15, 0.2) is 0 Å². The van der Waals surface area contributed by atoms with Crippen molar-refractivity contribution in [3.8, 4) is 11.1 Å².